The van der Waals surface area contributed by atoms with Crippen LogP contribution in [0.1, 0.15) is 36.0 Å². The highest BCUT2D eigenvalue weighted by Gasteiger charge is 2.20. The van der Waals surface area contributed by atoms with Crippen molar-refractivity contribution in [1.29, 1.82) is 0 Å². The summed E-state index contributed by atoms with van der Waals surface area (Å²) in [6.07, 6.45) is 5.09. The SMILES string of the molecule is CN(CC1CCCC1)c1ccc(Cl)cc1C(=O)O. The van der Waals surface area contributed by atoms with Gasteiger partial charge in [-0.25, -0.2) is 4.79 Å². The molecule has 1 aliphatic carbocycles. The van der Waals surface area contributed by atoms with Crippen molar-refractivity contribution >= 4 is 23.3 Å². The van der Waals surface area contributed by atoms with Crippen molar-refractivity contribution in [1.82, 2.24) is 0 Å². The van der Waals surface area contributed by atoms with Gasteiger partial charge in [0.15, 0.2) is 0 Å². The highest BCUT2D eigenvalue weighted by atomic mass is 35.5. The minimum Gasteiger partial charge on any atom is -0.478 e. The van der Waals surface area contributed by atoms with Crippen LogP contribution in [0.4, 0.5) is 5.69 Å². The lowest BCUT2D eigenvalue weighted by molar-refractivity contribution is 0.0697. The summed E-state index contributed by atoms with van der Waals surface area (Å²) in [6.45, 7) is 0.919. The van der Waals surface area contributed by atoms with E-state index < -0.39 is 5.97 Å². The molecule has 18 heavy (non-hydrogen) atoms. The predicted octanol–water partition coefficient (Wildman–Crippen LogP) is 3.66. The second-order valence-electron chi connectivity index (χ2n) is 5.00. The zero-order valence-corrected chi connectivity index (χ0v) is 11.3. The molecule has 0 unspecified atom stereocenters. The van der Waals surface area contributed by atoms with Crippen LogP contribution in [0.2, 0.25) is 5.02 Å². The maximum atomic E-state index is 11.2. The Hall–Kier alpha value is -1.22. The molecule has 0 spiro atoms. The van der Waals surface area contributed by atoms with Crippen molar-refractivity contribution in [2.24, 2.45) is 5.92 Å². The number of carboxylic acid groups (broad SMARTS) is 1. The average Bonchev–Trinajstić information content (AvgIpc) is 2.81. The Bertz CT molecular complexity index is 441. The summed E-state index contributed by atoms with van der Waals surface area (Å²) in [6, 6.07) is 5.06. The number of hydrogen-bond donors (Lipinski definition) is 1. The van der Waals surface area contributed by atoms with Crippen LogP contribution in [0.25, 0.3) is 0 Å². The van der Waals surface area contributed by atoms with Gasteiger partial charge in [0.2, 0.25) is 0 Å². The molecular formula is C14H18ClNO2. The van der Waals surface area contributed by atoms with Gasteiger partial charge in [-0.3, -0.25) is 0 Å². The molecule has 1 N–H and O–H groups in total. The van der Waals surface area contributed by atoms with E-state index in [0.29, 0.717) is 10.9 Å². The molecule has 1 fully saturated rings. The predicted molar refractivity (Wildman–Crippen MR) is 73.6 cm³/mol. The standard InChI is InChI=1S/C14H18ClNO2/c1-16(9-10-4-2-3-5-10)13-7-6-11(15)8-12(13)14(17)18/h6-8,10H,2-5,9H2,1H3,(H,17,18). The average molecular weight is 268 g/mol. The maximum absolute atomic E-state index is 11.2. The highest BCUT2D eigenvalue weighted by molar-refractivity contribution is 6.31. The van der Waals surface area contributed by atoms with Gasteiger partial charge in [-0.2, -0.15) is 0 Å². The number of aromatic carboxylic acids is 1. The van der Waals surface area contributed by atoms with Gasteiger partial charge < -0.3 is 10.0 Å². The molecule has 0 aromatic heterocycles. The van der Waals surface area contributed by atoms with E-state index in [-0.39, 0.29) is 5.56 Å². The lowest BCUT2D eigenvalue weighted by Crippen LogP contribution is -2.25. The molecule has 0 radical (unpaired) electrons. The van der Waals surface area contributed by atoms with Crippen molar-refractivity contribution in [2.45, 2.75) is 25.7 Å². The van der Waals surface area contributed by atoms with E-state index in [1.807, 2.05) is 11.9 Å². The van der Waals surface area contributed by atoms with Crippen molar-refractivity contribution in [2.75, 3.05) is 18.5 Å². The molecule has 0 amide bonds. The number of anilines is 1. The molecule has 0 bridgehead atoms. The van der Waals surface area contributed by atoms with Gasteiger partial charge >= 0.3 is 5.97 Å². The first-order chi connectivity index (χ1) is 8.58. The molecule has 1 aliphatic rings. The molecular weight excluding hydrogens is 250 g/mol. The number of carboxylic acids is 1. The molecule has 3 nitrogen and oxygen atoms in total. The van der Waals surface area contributed by atoms with Crippen molar-refractivity contribution < 1.29 is 9.90 Å². The second kappa shape index (κ2) is 5.61. The number of carbonyl (C=O) groups is 1. The molecule has 2 rings (SSSR count). The Kier molecular flexibility index (Phi) is 4.12. The summed E-state index contributed by atoms with van der Waals surface area (Å²) in [4.78, 5) is 13.3. The summed E-state index contributed by atoms with van der Waals surface area (Å²) in [5.41, 5.74) is 1.03. The fourth-order valence-corrected chi connectivity index (χ4v) is 2.86. The number of nitrogens with zero attached hydrogens (tertiary/aromatic N) is 1. The van der Waals surface area contributed by atoms with Crippen LogP contribution < -0.4 is 4.90 Å². The molecule has 0 saturated heterocycles. The highest BCUT2D eigenvalue weighted by Crippen LogP contribution is 2.29. The number of rotatable bonds is 4. The Labute approximate surface area is 112 Å². The third kappa shape index (κ3) is 2.96. The van der Waals surface area contributed by atoms with Crippen LogP contribution in [0.5, 0.6) is 0 Å². The molecule has 1 saturated carbocycles. The zero-order valence-electron chi connectivity index (χ0n) is 10.5. The van der Waals surface area contributed by atoms with E-state index in [0.717, 1.165) is 12.2 Å². The summed E-state index contributed by atoms with van der Waals surface area (Å²) in [5.74, 6) is -0.238. The van der Waals surface area contributed by atoms with Gasteiger partial charge in [0.25, 0.3) is 0 Å². The smallest absolute Gasteiger partial charge is 0.337 e. The molecule has 1 aromatic carbocycles. The zero-order chi connectivity index (χ0) is 13.1. The van der Waals surface area contributed by atoms with Crippen LogP contribution in [0, 0.1) is 5.92 Å². The van der Waals surface area contributed by atoms with E-state index in [1.54, 1.807) is 12.1 Å². The topological polar surface area (TPSA) is 40.5 Å². The second-order valence-corrected chi connectivity index (χ2v) is 5.43. The first-order valence-electron chi connectivity index (χ1n) is 6.32. The maximum Gasteiger partial charge on any atom is 0.337 e. The minimum atomic E-state index is -0.925. The van der Waals surface area contributed by atoms with Crippen LogP contribution in [0.3, 0.4) is 0 Å². The normalized spacial score (nSPS) is 15.9. The number of halogens is 1. The van der Waals surface area contributed by atoms with Crippen LogP contribution >= 0.6 is 11.6 Å². The first-order valence-corrected chi connectivity index (χ1v) is 6.69. The van der Waals surface area contributed by atoms with Crippen molar-refractivity contribution in [3.05, 3.63) is 28.8 Å². The first kappa shape index (κ1) is 13.2. The van der Waals surface area contributed by atoms with Gasteiger partial charge in [-0.05, 0) is 37.0 Å². The molecule has 0 atom stereocenters. The Morgan fingerprint density at radius 2 is 2.11 bits per heavy atom. The van der Waals surface area contributed by atoms with Crippen molar-refractivity contribution in [3.8, 4) is 0 Å². The summed E-state index contributed by atoms with van der Waals surface area (Å²) in [5, 5.41) is 9.68. The third-order valence-corrected chi connectivity index (χ3v) is 3.84. The molecule has 1 aromatic rings. The Balaban J connectivity index is 2.17. The van der Waals surface area contributed by atoms with Crippen LogP contribution in [-0.4, -0.2) is 24.7 Å². The van der Waals surface area contributed by atoms with Gasteiger partial charge in [0, 0.05) is 18.6 Å². The Morgan fingerprint density at radius 1 is 1.44 bits per heavy atom. The fraction of sp³-hybridized carbons (Fsp3) is 0.500. The quantitative estimate of drug-likeness (QED) is 0.905. The summed E-state index contributed by atoms with van der Waals surface area (Å²) >= 11 is 5.85. The van der Waals surface area contributed by atoms with E-state index >= 15 is 0 Å². The van der Waals surface area contributed by atoms with E-state index in [4.69, 9.17) is 11.6 Å². The van der Waals surface area contributed by atoms with E-state index in [2.05, 4.69) is 0 Å². The van der Waals surface area contributed by atoms with Crippen LogP contribution in [0.15, 0.2) is 18.2 Å². The molecule has 0 heterocycles. The van der Waals surface area contributed by atoms with Crippen LogP contribution in [-0.2, 0) is 0 Å². The van der Waals surface area contributed by atoms with E-state index in [1.165, 1.54) is 31.7 Å². The number of benzene rings is 1. The monoisotopic (exact) mass is 267 g/mol. The van der Waals surface area contributed by atoms with Gasteiger partial charge in [0.1, 0.15) is 0 Å². The van der Waals surface area contributed by atoms with Gasteiger partial charge in [-0.1, -0.05) is 24.4 Å². The lowest BCUT2D eigenvalue weighted by Gasteiger charge is -2.24. The summed E-state index contributed by atoms with van der Waals surface area (Å²) in [7, 11) is 1.95. The molecule has 4 heteroatoms. The molecule has 0 aliphatic heterocycles. The molecule has 98 valence electrons. The Morgan fingerprint density at radius 3 is 2.72 bits per heavy atom. The van der Waals surface area contributed by atoms with Gasteiger partial charge in [0.05, 0.1) is 11.3 Å². The minimum absolute atomic E-state index is 0.281. The largest absolute Gasteiger partial charge is 0.478 e. The summed E-state index contributed by atoms with van der Waals surface area (Å²) < 4.78 is 0. The van der Waals surface area contributed by atoms with E-state index in [9.17, 15) is 9.90 Å². The van der Waals surface area contributed by atoms with Crippen molar-refractivity contribution in [3.63, 3.8) is 0 Å². The fourth-order valence-electron chi connectivity index (χ4n) is 2.69. The third-order valence-electron chi connectivity index (χ3n) is 3.61. The lowest BCUT2D eigenvalue weighted by atomic mass is 10.1. The number of hydrogen-bond acceptors (Lipinski definition) is 2. The van der Waals surface area contributed by atoms with Gasteiger partial charge in [-0.15, -0.1) is 0 Å².